The first-order chi connectivity index (χ1) is 13.0. The molecule has 0 radical (unpaired) electrons. The molecule has 1 heterocycles. The van der Waals surface area contributed by atoms with E-state index in [9.17, 15) is 18.4 Å². The first kappa shape index (κ1) is 18.6. The molecule has 2 N–H and O–H groups in total. The number of hydrogen-bond acceptors (Lipinski definition) is 2. The van der Waals surface area contributed by atoms with Crippen molar-refractivity contribution in [3.63, 3.8) is 0 Å². The molecule has 6 nitrogen and oxygen atoms in total. The number of nitrogens with one attached hydrogen (secondary N) is 2. The second kappa shape index (κ2) is 8.03. The Morgan fingerprint density at radius 1 is 0.889 bits per heavy atom. The van der Waals surface area contributed by atoms with Crippen LogP contribution in [0.3, 0.4) is 0 Å². The van der Waals surface area contributed by atoms with E-state index in [1.54, 1.807) is 36.1 Å². The number of hydrogen-bond donors (Lipinski definition) is 2. The number of carbonyl (C=O) groups is 2. The van der Waals surface area contributed by atoms with E-state index in [1.165, 1.54) is 29.2 Å². The third-order valence-electron chi connectivity index (χ3n) is 4.41. The maximum atomic E-state index is 13.7. The summed E-state index contributed by atoms with van der Waals surface area (Å²) in [6.45, 7) is 2.65. The molecule has 142 valence electrons. The largest absolute Gasteiger partial charge is 0.322 e. The van der Waals surface area contributed by atoms with Gasteiger partial charge in [0.05, 0.1) is 11.4 Å². The van der Waals surface area contributed by atoms with E-state index < -0.39 is 23.7 Å². The number of rotatable bonds is 2. The fraction of sp³-hybridized carbons (Fsp3) is 0.263. The molecule has 0 aromatic heterocycles. The van der Waals surface area contributed by atoms with Crippen LogP contribution in [0.25, 0.3) is 0 Å². The minimum absolute atomic E-state index is 0.106. The zero-order chi connectivity index (χ0) is 19.4. The Kier molecular flexibility index (Phi) is 5.54. The molecule has 0 spiro atoms. The summed E-state index contributed by atoms with van der Waals surface area (Å²) in [5.74, 6) is -1.02. The monoisotopic (exact) mass is 374 g/mol. The second-order valence-electron chi connectivity index (χ2n) is 6.31. The average molecular weight is 374 g/mol. The van der Waals surface area contributed by atoms with Crippen molar-refractivity contribution in [3.05, 3.63) is 60.2 Å². The Labute approximate surface area is 155 Å². The summed E-state index contributed by atoms with van der Waals surface area (Å²) in [7, 11) is 0. The summed E-state index contributed by atoms with van der Waals surface area (Å²) in [5.41, 5.74) is 0.212. The zero-order valence-electron chi connectivity index (χ0n) is 14.8. The molecule has 8 heteroatoms. The minimum atomic E-state index is -0.513. The molecular weight excluding hydrogens is 354 g/mol. The van der Waals surface area contributed by atoms with Crippen LogP contribution in [0.2, 0.25) is 0 Å². The predicted molar refractivity (Wildman–Crippen MR) is 98.6 cm³/mol. The van der Waals surface area contributed by atoms with E-state index >= 15 is 0 Å². The Morgan fingerprint density at radius 2 is 1.41 bits per heavy atom. The van der Waals surface area contributed by atoms with Crippen molar-refractivity contribution in [2.24, 2.45) is 0 Å². The molecule has 3 rings (SSSR count). The SMILES string of the molecule is C[C@H]1CN(C(=O)Nc2ccccc2F)CCN1C(=O)Nc1ccccc1F. The molecule has 0 saturated carbocycles. The number of halogens is 2. The van der Waals surface area contributed by atoms with E-state index in [1.807, 2.05) is 0 Å². The number of piperazine rings is 1. The van der Waals surface area contributed by atoms with Crippen LogP contribution in [0.4, 0.5) is 29.7 Å². The quantitative estimate of drug-likeness (QED) is 0.841. The number of para-hydroxylation sites is 2. The van der Waals surface area contributed by atoms with Crippen molar-refractivity contribution in [3.8, 4) is 0 Å². The van der Waals surface area contributed by atoms with Crippen LogP contribution >= 0.6 is 0 Å². The van der Waals surface area contributed by atoms with Gasteiger partial charge in [-0.1, -0.05) is 24.3 Å². The molecule has 27 heavy (non-hydrogen) atoms. The van der Waals surface area contributed by atoms with E-state index in [2.05, 4.69) is 10.6 Å². The normalized spacial score (nSPS) is 16.8. The van der Waals surface area contributed by atoms with Gasteiger partial charge in [-0.2, -0.15) is 0 Å². The molecule has 1 aliphatic rings. The summed E-state index contributed by atoms with van der Waals surface area (Å²) < 4.78 is 27.4. The van der Waals surface area contributed by atoms with Crippen molar-refractivity contribution in [1.29, 1.82) is 0 Å². The summed E-state index contributed by atoms with van der Waals surface area (Å²) in [6.07, 6.45) is 0. The van der Waals surface area contributed by atoms with Gasteiger partial charge in [-0.05, 0) is 31.2 Å². The van der Waals surface area contributed by atoms with Crippen LogP contribution in [-0.2, 0) is 0 Å². The molecule has 1 aliphatic heterocycles. The minimum Gasteiger partial charge on any atom is -0.321 e. The Bertz CT molecular complexity index is 846. The Hall–Kier alpha value is -3.16. The lowest BCUT2D eigenvalue weighted by atomic mass is 10.2. The van der Waals surface area contributed by atoms with Gasteiger partial charge in [0.2, 0.25) is 0 Å². The fourth-order valence-corrected chi connectivity index (χ4v) is 2.95. The molecule has 2 aromatic carbocycles. The molecule has 1 saturated heterocycles. The van der Waals surface area contributed by atoms with Crippen molar-refractivity contribution in [2.75, 3.05) is 30.3 Å². The maximum absolute atomic E-state index is 13.7. The average Bonchev–Trinajstić information content (AvgIpc) is 2.65. The van der Waals surface area contributed by atoms with Crippen LogP contribution in [0, 0.1) is 11.6 Å². The number of urea groups is 2. The van der Waals surface area contributed by atoms with Gasteiger partial charge in [0.1, 0.15) is 11.6 Å². The van der Waals surface area contributed by atoms with E-state index in [0.717, 1.165) is 0 Å². The third-order valence-corrected chi connectivity index (χ3v) is 4.41. The highest BCUT2D eigenvalue weighted by Crippen LogP contribution is 2.18. The fourth-order valence-electron chi connectivity index (χ4n) is 2.95. The van der Waals surface area contributed by atoms with Crippen LogP contribution in [0.15, 0.2) is 48.5 Å². The Balaban J connectivity index is 1.58. The van der Waals surface area contributed by atoms with Gasteiger partial charge in [0.25, 0.3) is 0 Å². The third kappa shape index (κ3) is 4.33. The summed E-state index contributed by atoms with van der Waals surface area (Å²) >= 11 is 0. The number of benzene rings is 2. The van der Waals surface area contributed by atoms with E-state index in [0.29, 0.717) is 0 Å². The summed E-state index contributed by atoms with van der Waals surface area (Å²) in [5, 5.41) is 5.08. The molecule has 1 fully saturated rings. The van der Waals surface area contributed by atoms with Gasteiger partial charge in [0, 0.05) is 25.7 Å². The van der Waals surface area contributed by atoms with Gasteiger partial charge < -0.3 is 20.4 Å². The number of amides is 4. The van der Waals surface area contributed by atoms with Crippen molar-refractivity contribution < 1.29 is 18.4 Å². The maximum Gasteiger partial charge on any atom is 0.322 e. The van der Waals surface area contributed by atoms with Crippen molar-refractivity contribution >= 4 is 23.4 Å². The second-order valence-corrected chi connectivity index (χ2v) is 6.31. The zero-order valence-corrected chi connectivity index (χ0v) is 14.8. The molecule has 4 amide bonds. The van der Waals surface area contributed by atoms with Crippen LogP contribution in [0.5, 0.6) is 0 Å². The van der Waals surface area contributed by atoms with Crippen molar-refractivity contribution in [1.82, 2.24) is 9.80 Å². The molecule has 1 atom stereocenters. The smallest absolute Gasteiger partial charge is 0.321 e. The lowest BCUT2D eigenvalue weighted by molar-refractivity contribution is 0.124. The van der Waals surface area contributed by atoms with Gasteiger partial charge >= 0.3 is 12.1 Å². The number of carbonyl (C=O) groups excluding carboxylic acids is 2. The first-order valence-electron chi connectivity index (χ1n) is 8.58. The first-order valence-corrected chi connectivity index (χ1v) is 8.58. The van der Waals surface area contributed by atoms with E-state index in [-0.39, 0.29) is 37.1 Å². The number of anilines is 2. The van der Waals surface area contributed by atoms with Gasteiger partial charge in [0.15, 0.2) is 0 Å². The van der Waals surface area contributed by atoms with Crippen molar-refractivity contribution in [2.45, 2.75) is 13.0 Å². The predicted octanol–water partition coefficient (Wildman–Crippen LogP) is 3.73. The van der Waals surface area contributed by atoms with Crippen LogP contribution < -0.4 is 10.6 Å². The molecule has 0 bridgehead atoms. The highest BCUT2D eigenvalue weighted by Gasteiger charge is 2.30. The van der Waals surface area contributed by atoms with E-state index in [4.69, 9.17) is 0 Å². The lowest BCUT2D eigenvalue weighted by Crippen LogP contribution is -2.57. The van der Waals surface area contributed by atoms with Gasteiger partial charge in [-0.3, -0.25) is 0 Å². The molecule has 2 aromatic rings. The highest BCUT2D eigenvalue weighted by atomic mass is 19.1. The lowest BCUT2D eigenvalue weighted by Gasteiger charge is -2.39. The Morgan fingerprint density at radius 3 is 1.93 bits per heavy atom. The molecular formula is C19H20F2N4O2. The van der Waals surface area contributed by atoms with Gasteiger partial charge in [-0.15, -0.1) is 0 Å². The van der Waals surface area contributed by atoms with Crippen LogP contribution in [-0.4, -0.2) is 47.5 Å². The van der Waals surface area contributed by atoms with Gasteiger partial charge in [-0.25, -0.2) is 18.4 Å². The topological polar surface area (TPSA) is 64.7 Å². The number of nitrogens with zero attached hydrogens (tertiary/aromatic N) is 2. The van der Waals surface area contributed by atoms with Crippen LogP contribution in [0.1, 0.15) is 6.92 Å². The summed E-state index contributed by atoms with van der Waals surface area (Å²) in [6, 6.07) is 10.7. The summed E-state index contributed by atoms with van der Waals surface area (Å²) in [4.78, 5) is 27.8. The highest BCUT2D eigenvalue weighted by molar-refractivity contribution is 5.91. The standard InChI is InChI=1S/C19H20F2N4O2/c1-13-12-24(18(26)22-16-8-4-2-6-14(16)20)10-11-25(13)19(27)23-17-9-5-3-7-15(17)21/h2-9,13H,10-12H2,1H3,(H,22,26)(H,23,27)/t13-/m0/s1. The molecule has 0 aliphatic carbocycles. The molecule has 0 unspecified atom stereocenters.